The van der Waals surface area contributed by atoms with Gasteiger partial charge in [-0.05, 0) is 84.8 Å². The molecule has 3 aromatic rings. The van der Waals surface area contributed by atoms with Gasteiger partial charge in [0, 0.05) is 34.4 Å². The number of nitrogens with one attached hydrogen (secondary N) is 1. The molecule has 0 aliphatic carbocycles. The maximum absolute atomic E-state index is 13.5. The van der Waals surface area contributed by atoms with E-state index in [0.717, 1.165) is 16.9 Å². The first-order chi connectivity index (χ1) is 17.6. The topological polar surface area (TPSA) is 66.5 Å². The number of halogens is 2. The fourth-order valence-electron chi connectivity index (χ4n) is 4.58. The highest BCUT2D eigenvalue weighted by atomic mass is 35.5. The summed E-state index contributed by atoms with van der Waals surface area (Å²) in [6.07, 6.45) is 1.59. The van der Waals surface area contributed by atoms with E-state index in [1.807, 2.05) is 12.1 Å². The van der Waals surface area contributed by atoms with Crippen molar-refractivity contribution in [3.8, 4) is 0 Å². The Kier molecular flexibility index (Phi) is 8.95. The third-order valence-corrected chi connectivity index (χ3v) is 9.49. The van der Waals surface area contributed by atoms with Gasteiger partial charge in [-0.2, -0.15) is 4.31 Å². The van der Waals surface area contributed by atoms with E-state index in [4.69, 9.17) is 11.6 Å². The minimum atomic E-state index is -3.76. The Morgan fingerprint density at radius 3 is 2.32 bits per heavy atom. The van der Waals surface area contributed by atoms with Gasteiger partial charge in [-0.15, -0.1) is 0 Å². The number of carbonyl (C=O) groups is 1. The van der Waals surface area contributed by atoms with Crippen LogP contribution < -0.4 is 5.32 Å². The number of sulfonamides is 1. The van der Waals surface area contributed by atoms with E-state index < -0.39 is 10.0 Å². The van der Waals surface area contributed by atoms with E-state index >= 15 is 0 Å². The van der Waals surface area contributed by atoms with Gasteiger partial charge in [0.15, 0.2) is 0 Å². The van der Waals surface area contributed by atoms with Crippen molar-refractivity contribution in [3.63, 3.8) is 0 Å². The molecule has 1 heterocycles. The van der Waals surface area contributed by atoms with Gasteiger partial charge in [0.25, 0.3) is 5.91 Å². The van der Waals surface area contributed by atoms with Crippen molar-refractivity contribution in [2.75, 3.05) is 19.6 Å². The highest BCUT2D eigenvalue weighted by Gasteiger charge is 2.32. The van der Waals surface area contributed by atoms with Gasteiger partial charge in [-0.1, -0.05) is 49.3 Å². The van der Waals surface area contributed by atoms with Crippen LogP contribution in [0, 0.1) is 17.7 Å². The highest BCUT2D eigenvalue weighted by molar-refractivity contribution is 7.99. The molecule has 1 aliphatic rings. The maximum atomic E-state index is 13.5. The first-order valence-electron chi connectivity index (χ1n) is 12.2. The lowest BCUT2D eigenvalue weighted by Crippen LogP contribution is -2.42. The van der Waals surface area contributed by atoms with E-state index in [9.17, 15) is 17.6 Å². The largest absolute Gasteiger partial charge is 0.352 e. The van der Waals surface area contributed by atoms with Crippen molar-refractivity contribution in [1.29, 1.82) is 0 Å². The minimum Gasteiger partial charge on any atom is -0.352 e. The van der Waals surface area contributed by atoms with Crippen LogP contribution in [-0.4, -0.2) is 38.3 Å². The molecule has 0 saturated carbocycles. The molecule has 1 amide bonds. The average Bonchev–Trinajstić information content (AvgIpc) is 2.86. The maximum Gasteiger partial charge on any atom is 0.252 e. The molecule has 1 saturated heterocycles. The first-order valence-corrected chi connectivity index (χ1v) is 14.9. The highest BCUT2D eigenvalue weighted by Crippen LogP contribution is 2.34. The summed E-state index contributed by atoms with van der Waals surface area (Å²) < 4.78 is 42.0. The molecule has 0 unspecified atom stereocenters. The number of benzene rings is 3. The minimum absolute atomic E-state index is 0.0973. The van der Waals surface area contributed by atoms with E-state index in [1.165, 1.54) is 34.3 Å². The van der Waals surface area contributed by atoms with Crippen molar-refractivity contribution >= 4 is 39.3 Å². The number of hydrogen-bond acceptors (Lipinski definition) is 4. The monoisotopic (exact) mass is 560 g/mol. The lowest BCUT2D eigenvalue weighted by Gasteiger charge is -2.34. The molecule has 5 nitrogen and oxygen atoms in total. The van der Waals surface area contributed by atoms with Gasteiger partial charge in [0.1, 0.15) is 5.82 Å². The van der Waals surface area contributed by atoms with Crippen LogP contribution in [-0.2, 0) is 16.4 Å². The zero-order chi connectivity index (χ0) is 26.6. The second-order valence-electron chi connectivity index (χ2n) is 9.61. The van der Waals surface area contributed by atoms with Crippen molar-refractivity contribution < 1.29 is 17.6 Å². The van der Waals surface area contributed by atoms with E-state index in [-0.39, 0.29) is 34.0 Å². The quantitative estimate of drug-likeness (QED) is 0.353. The Bertz CT molecular complexity index is 1340. The lowest BCUT2D eigenvalue weighted by atomic mass is 9.94. The Morgan fingerprint density at radius 1 is 1.03 bits per heavy atom. The molecule has 0 spiro atoms. The van der Waals surface area contributed by atoms with E-state index in [0.29, 0.717) is 36.0 Å². The number of nitrogens with zero attached hydrogens (tertiary/aromatic N) is 1. The summed E-state index contributed by atoms with van der Waals surface area (Å²) >= 11 is 7.23. The summed E-state index contributed by atoms with van der Waals surface area (Å²) in [6, 6.07) is 18.0. The molecule has 0 radical (unpaired) electrons. The SMILES string of the molecule is C[C@@H]1C[C@H](C)CN(S(=O)(=O)c2ccc(Sc3ccc(F)cc3)c(C(=O)NCCc3ccc(Cl)cc3)c2)C1. The van der Waals surface area contributed by atoms with E-state index in [2.05, 4.69) is 19.2 Å². The van der Waals surface area contributed by atoms with Crippen LogP contribution in [0.5, 0.6) is 0 Å². The van der Waals surface area contributed by atoms with Gasteiger partial charge in [-0.25, -0.2) is 12.8 Å². The molecule has 4 rings (SSSR count). The molecule has 37 heavy (non-hydrogen) atoms. The smallest absolute Gasteiger partial charge is 0.252 e. The predicted octanol–water partition coefficient (Wildman–Crippen LogP) is 6.27. The summed E-state index contributed by atoms with van der Waals surface area (Å²) in [4.78, 5) is 14.7. The van der Waals surface area contributed by atoms with Crippen molar-refractivity contribution in [3.05, 3.63) is 88.7 Å². The Balaban J connectivity index is 1.60. The zero-order valence-corrected chi connectivity index (χ0v) is 23.2. The first kappa shape index (κ1) is 27.6. The van der Waals surface area contributed by atoms with Crippen LogP contribution in [0.1, 0.15) is 36.2 Å². The molecule has 3 aromatic carbocycles. The van der Waals surface area contributed by atoms with Crippen LogP contribution >= 0.6 is 23.4 Å². The Labute approximate surface area is 227 Å². The average molecular weight is 561 g/mol. The number of rotatable bonds is 8. The van der Waals surface area contributed by atoms with Crippen LogP contribution in [0.15, 0.2) is 81.4 Å². The molecular weight excluding hydrogens is 531 g/mol. The molecule has 1 N–H and O–H groups in total. The van der Waals surface area contributed by atoms with Crippen LogP contribution in [0.3, 0.4) is 0 Å². The van der Waals surface area contributed by atoms with Gasteiger partial charge < -0.3 is 5.32 Å². The second kappa shape index (κ2) is 12.0. The van der Waals surface area contributed by atoms with E-state index in [1.54, 1.807) is 36.4 Å². The summed E-state index contributed by atoms with van der Waals surface area (Å²) in [5.41, 5.74) is 1.29. The number of piperidine rings is 1. The second-order valence-corrected chi connectivity index (χ2v) is 13.1. The van der Waals surface area contributed by atoms with Gasteiger partial charge in [-0.3, -0.25) is 4.79 Å². The molecule has 1 aliphatic heterocycles. The number of hydrogen-bond donors (Lipinski definition) is 1. The van der Waals surface area contributed by atoms with Crippen LogP contribution in [0.2, 0.25) is 5.02 Å². The van der Waals surface area contributed by atoms with Gasteiger partial charge in [0.2, 0.25) is 10.0 Å². The summed E-state index contributed by atoms with van der Waals surface area (Å²) in [5, 5.41) is 3.56. The standard InChI is InChI=1S/C28H30ClFN2O3S2/c1-19-15-20(2)18-32(17-19)37(34,35)25-11-12-27(36-24-9-7-23(30)8-10-24)26(16-25)28(33)31-14-13-21-3-5-22(29)6-4-21/h3-12,16,19-20H,13-15,17-18H2,1-2H3,(H,31,33)/t19-,20+. The number of amides is 1. The normalized spacial score (nSPS) is 18.5. The van der Waals surface area contributed by atoms with Gasteiger partial charge >= 0.3 is 0 Å². The molecule has 0 aromatic heterocycles. The molecule has 1 fully saturated rings. The Hall–Kier alpha value is -2.39. The fourth-order valence-corrected chi connectivity index (χ4v) is 7.34. The lowest BCUT2D eigenvalue weighted by molar-refractivity contribution is 0.0951. The molecule has 0 bridgehead atoms. The zero-order valence-electron chi connectivity index (χ0n) is 20.8. The van der Waals surface area contributed by atoms with Crippen molar-refractivity contribution in [1.82, 2.24) is 9.62 Å². The summed E-state index contributed by atoms with van der Waals surface area (Å²) in [6.45, 7) is 5.41. The molecule has 196 valence electrons. The third-order valence-electron chi connectivity index (χ3n) is 6.32. The molecule has 9 heteroatoms. The Morgan fingerprint density at radius 2 is 1.68 bits per heavy atom. The molecule has 2 atom stereocenters. The fraction of sp³-hybridized carbons (Fsp3) is 0.321. The molecular formula is C28H30ClFN2O3S2. The van der Waals surface area contributed by atoms with Crippen molar-refractivity contribution in [2.45, 2.75) is 41.4 Å². The van der Waals surface area contributed by atoms with Gasteiger partial charge in [0.05, 0.1) is 10.5 Å². The van der Waals surface area contributed by atoms with Crippen LogP contribution in [0.4, 0.5) is 4.39 Å². The third kappa shape index (κ3) is 7.13. The van der Waals surface area contributed by atoms with Crippen LogP contribution in [0.25, 0.3) is 0 Å². The summed E-state index contributed by atoms with van der Waals surface area (Å²) in [7, 11) is -3.76. The predicted molar refractivity (Wildman–Crippen MR) is 146 cm³/mol. The van der Waals surface area contributed by atoms with Crippen molar-refractivity contribution in [2.24, 2.45) is 11.8 Å². The summed E-state index contributed by atoms with van der Waals surface area (Å²) in [5.74, 6) is -0.183. The number of carbonyl (C=O) groups excluding carboxylic acids is 1.